The Hall–Kier alpha value is -1.70. The molecule has 1 fully saturated rings. The van der Waals surface area contributed by atoms with Gasteiger partial charge in [0, 0.05) is 16.2 Å². The molecule has 2 aromatic rings. The molecule has 0 unspecified atom stereocenters. The fraction of sp³-hybridized carbons (Fsp3) is 0.800. The molecule has 6 nitrogen and oxygen atoms in total. The first-order chi connectivity index (χ1) is 23.4. The van der Waals surface area contributed by atoms with Crippen molar-refractivity contribution in [2.45, 2.75) is 235 Å². The van der Waals surface area contributed by atoms with Crippen molar-refractivity contribution in [2.24, 2.45) is 0 Å². The van der Waals surface area contributed by atoms with Crippen molar-refractivity contribution in [1.82, 2.24) is 15.0 Å². The quantitative estimate of drug-likeness (QED) is 0.250. The van der Waals surface area contributed by atoms with Crippen LogP contribution in [0.5, 0.6) is 0 Å². The summed E-state index contributed by atoms with van der Waals surface area (Å²) in [5, 5.41) is -0.176. The Morgan fingerprint density at radius 2 is 0.463 bits per heavy atom. The molecule has 3 rings (SSSR count). The molecular weight excluding hydrogens is 663 g/mol. The van der Waals surface area contributed by atoms with Crippen LogP contribution < -0.4 is 0 Å². The third kappa shape index (κ3) is 15.7. The van der Waals surface area contributed by atoms with E-state index in [-0.39, 0.29) is 69.8 Å². The van der Waals surface area contributed by atoms with Crippen LogP contribution in [0, 0.1) is 0 Å². The Labute approximate surface area is 336 Å². The molecule has 1 aliphatic rings. The molecule has 2 heterocycles. The van der Waals surface area contributed by atoms with Gasteiger partial charge in [0.2, 0.25) is 0 Å². The molecule has 0 bridgehead atoms. The molecule has 1 saturated heterocycles. The second kappa shape index (κ2) is 16.6. The van der Waals surface area contributed by atoms with Gasteiger partial charge < -0.3 is 13.7 Å². The maximum Gasteiger partial charge on any atom is 0.435 e. The van der Waals surface area contributed by atoms with Crippen molar-refractivity contribution in [3.63, 3.8) is 0 Å². The maximum absolute atomic E-state index is 6.00. The van der Waals surface area contributed by atoms with Gasteiger partial charge in [-0.05, 0) is 48.9 Å². The monoisotopic (exact) mass is 748 g/mol. The van der Waals surface area contributed by atoms with Gasteiger partial charge in [0.05, 0.1) is 0 Å². The highest BCUT2D eigenvalue weighted by Crippen LogP contribution is 2.42. The van der Waals surface area contributed by atoms with Gasteiger partial charge in [0.1, 0.15) is 17.5 Å². The Kier molecular flexibility index (Phi) is 15.5. The largest absolute Gasteiger partial charge is 0.452 e. The molecule has 1 aromatic heterocycles. The molecule has 9 heteroatoms. The topological polar surface area (TPSA) is 66.4 Å². The molecule has 0 radical (unpaired) electrons. The first kappa shape index (κ1) is 50.3. The summed E-state index contributed by atoms with van der Waals surface area (Å²) < 4.78 is 18.0. The van der Waals surface area contributed by atoms with Crippen LogP contribution >= 0.6 is 0 Å². The summed E-state index contributed by atoms with van der Waals surface area (Å²) in [6, 6.07) is 7.15. The van der Waals surface area contributed by atoms with E-state index < -0.39 is 0 Å². The standard InChI is InChI=1S/C18H30.C15H27N3.C12H27B3O3/c1-16(2,3)13-10-14(17(4,5)6)12-15(11-13)18(7,8)9;1-13(2,3)10-16-11(14(4,5)6)18-12(17-10)15(7,8)9;1-10(2,3)13-16-14(11(4,5)6)18-15(17-13)12(7,8)9/h10-12H,1-9H3;2*1-9H3. The second-order valence-electron chi connectivity index (χ2n) is 25.1. The highest BCUT2D eigenvalue weighted by molar-refractivity contribution is 6.76. The summed E-state index contributed by atoms with van der Waals surface area (Å²) in [4.78, 5) is 14.0. The highest BCUT2D eigenvalue weighted by Gasteiger charge is 2.53. The van der Waals surface area contributed by atoms with Crippen molar-refractivity contribution in [2.75, 3.05) is 0 Å². The van der Waals surface area contributed by atoms with E-state index in [0.717, 1.165) is 17.5 Å². The number of nitrogens with zero attached hydrogens (tertiary/aromatic N) is 3. The highest BCUT2D eigenvalue weighted by atomic mass is 16.7. The Balaban J connectivity index is 0.000000405. The average Bonchev–Trinajstić information content (AvgIpc) is 2.93. The lowest BCUT2D eigenvalue weighted by Gasteiger charge is -2.44. The van der Waals surface area contributed by atoms with Gasteiger partial charge in [0.25, 0.3) is 0 Å². The zero-order valence-corrected chi connectivity index (χ0v) is 40.5. The Morgan fingerprint density at radius 3 is 0.574 bits per heavy atom. The van der Waals surface area contributed by atoms with Crippen LogP contribution in [0.2, 0.25) is 15.9 Å². The number of rotatable bonds is 0. The van der Waals surface area contributed by atoms with Crippen LogP contribution in [-0.2, 0) is 46.2 Å². The van der Waals surface area contributed by atoms with Crippen molar-refractivity contribution < 1.29 is 13.7 Å². The number of hydrogen-bond acceptors (Lipinski definition) is 6. The molecule has 54 heavy (non-hydrogen) atoms. The summed E-state index contributed by atoms with van der Waals surface area (Å²) in [5.41, 5.74) is 4.80. The van der Waals surface area contributed by atoms with Crippen LogP contribution in [0.1, 0.15) is 221 Å². The molecule has 1 aliphatic heterocycles. The SMILES string of the molecule is CC(C)(C)B1OB(C(C)(C)C)OB(C(C)(C)C)O1.CC(C)(C)c1cc(C(C)(C)C)cc(C(C)(C)C)c1.CC(C)(C)c1nc(C(C)(C)C)nc(C(C)(C)C)n1. The fourth-order valence-corrected chi connectivity index (χ4v) is 4.97. The van der Waals surface area contributed by atoms with E-state index in [0.29, 0.717) is 0 Å². The first-order valence-corrected chi connectivity index (χ1v) is 20.4. The van der Waals surface area contributed by atoms with Crippen molar-refractivity contribution in [3.8, 4) is 0 Å². The zero-order valence-electron chi connectivity index (χ0n) is 40.5. The summed E-state index contributed by atoms with van der Waals surface area (Å²) >= 11 is 0. The van der Waals surface area contributed by atoms with Gasteiger partial charge >= 0.3 is 21.4 Å². The van der Waals surface area contributed by atoms with E-state index in [4.69, 9.17) is 13.7 Å². The maximum atomic E-state index is 6.00. The summed E-state index contributed by atoms with van der Waals surface area (Å²) in [6.07, 6.45) is 0. The minimum absolute atomic E-state index is 0.0526. The average molecular weight is 748 g/mol. The Morgan fingerprint density at radius 1 is 0.296 bits per heavy atom. The summed E-state index contributed by atoms with van der Waals surface area (Å²) in [5.74, 6) is 2.65. The fourth-order valence-electron chi connectivity index (χ4n) is 4.97. The van der Waals surface area contributed by atoms with Gasteiger partial charge in [-0.25, -0.2) is 15.0 Å². The molecular formula is C45H84B3N3O3. The van der Waals surface area contributed by atoms with Crippen LogP contribution in [0.3, 0.4) is 0 Å². The van der Waals surface area contributed by atoms with E-state index in [1.54, 1.807) is 0 Å². The molecule has 0 atom stereocenters. The van der Waals surface area contributed by atoms with E-state index in [1.807, 2.05) is 0 Å². The third-order valence-corrected chi connectivity index (χ3v) is 9.04. The predicted octanol–water partition coefficient (Wildman–Crippen LogP) is 13.3. The smallest absolute Gasteiger partial charge is 0.435 e. The van der Waals surface area contributed by atoms with E-state index >= 15 is 0 Å². The first-order valence-electron chi connectivity index (χ1n) is 20.4. The van der Waals surface area contributed by atoms with E-state index in [2.05, 4.69) is 220 Å². The summed E-state index contributed by atoms with van der Waals surface area (Å²) in [6.45, 7) is 59.0. The van der Waals surface area contributed by atoms with Crippen LogP contribution in [0.4, 0.5) is 0 Å². The molecule has 306 valence electrons. The molecule has 0 spiro atoms. The van der Waals surface area contributed by atoms with Gasteiger partial charge in [-0.15, -0.1) is 0 Å². The second-order valence-corrected chi connectivity index (χ2v) is 25.1. The minimum Gasteiger partial charge on any atom is -0.452 e. The van der Waals surface area contributed by atoms with Crippen molar-refractivity contribution >= 4 is 21.4 Å². The number of benzene rings is 1. The zero-order chi connectivity index (χ0) is 43.1. The normalized spacial score (nSPS) is 15.7. The van der Waals surface area contributed by atoms with Gasteiger partial charge in [-0.2, -0.15) is 0 Å². The lowest BCUT2D eigenvalue weighted by Crippen LogP contribution is -2.57. The van der Waals surface area contributed by atoms with Crippen LogP contribution in [0.15, 0.2) is 18.2 Å². The predicted molar refractivity (Wildman–Crippen MR) is 238 cm³/mol. The Bertz CT molecular complexity index is 1210. The molecule has 0 amide bonds. The third-order valence-electron chi connectivity index (χ3n) is 9.04. The number of aromatic nitrogens is 3. The van der Waals surface area contributed by atoms with E-state index in [1.165, 1.54) is 16.7 Å². The molecule has 0 N–H and O–H groups in total. The van der Waals surface area contributed by atoms with E-state index in [9.17, 15) is 0 Å². The lowest BCUT2D eigenvalue weighted by atomic mass is 9.47. The molecule has 1 aromatic carbocycles. The van der Waals surface area contributed by atoms with Gasteiger partial charge in [-0.1, -0.05) is 205 Å². The van der Waals surface area contributed by atoms with Crippen molar-refractivity contribution in [3.05, 3.63) is 52.4 Å². The van der Waals surface area contributed by atoms with Crippen LogP contribution in [0.25, 0.3) is 0 Å². The van der Waals surface area contributed by atoms with Crippen molar-refractivity contribution in [1.29, 1.82) is 0 Å². The lowest BCUT2D eigenvalue weighted by molar-refractivity contribution is 0.227. The molecule has 0 saturated carbocycles. The number of hydrogen-bond donors (Lipinski definition) is 0. The van der Waals surface area contributed by atoms with Gasteiger partial charge in [-0.3, -0.25) is 0 Å². The summed E-state index contributed by atoms with van der Waals surface area (Å²) in [7, 11) is -0.709. The minimum atomic E-state index is -0.236. The van der Waals surface area contributed by atoms with Crippen LogP contribution in [-0.4, -0.2) is 36.3 Å². The molecule has 0 aliphatic carbocycles. The van der Waals surface area contributed by atoms with Gasteiger partial charge in [0.15, 0.2) is 0 Å².